The smallest absolute Gasteiger partial charge is 0.290 e. The average molecular weight is 345 g/mol. The Labute approximate surface area is 149 Å². The maximum absolute atomic E-state index is 12.5. The van der Waals surface area contributed by atoms with Gasteiger partial charge in [-0.05, 0) is 31.0 Å². The Bertz CT molecular complexity index is 648. The molecule has 0 fully saturated rings. The third-order valence-corrected chi connectivity index (χ3v) is 4.64. The zero-order valence-electron chi connectivity index (χ0n) is 15.0. The van der Waals surface area contributed by atoms with Crippen LogP contribution in [0.2, 0.25) is 0 Å². The predicted molar refractivity (Wildman–Crippen MR) is 96.3 cm³/mol. The van der Waals surface area contributed by atoms with E-state index in [9.17, 15) is 19.8 Å². The highest BCUT2D eigenvalue weighted by Crippen LogP contribution is 2.38. The van der Waals surface area contributed by atoms with Gasteiger partial charge in [0.05, 0.1) is 11.6 Å². The van der Waals surface area contributed by atoms with Crippen LogP contribution in [0.25, 0.3) is 0 Å². The van der Waals surface area contributed by atoms with Crippen molar-refractivity contribution >= 4 is 11.7 Å². The molecule has 1 amide bonds. The van der Waals surface area contributed by atoms with Crippen molar-refractivity contribution in [2.45, 2.75) is 58.4 Å². The number of ketones is 1. The lowest BCUT2D eigenvalue weighted by Crippen LogP contribution is -2.32. The highest BCUT2D eigenvalue weighted by molar-refractivity contribution is 6.08. The van der Waals surface area contributed by atoms with Gasteiger partial charge in [0.25, 0.3) is 5.91 Å². The van der Waals surface area contributed by atoms with Gasteiger partial charge in [0.15, 0.2) is 11.5 Å². The number of hydrogen-bond donors (Lipinski definition) is 2. The number of Topliss-reactive ketones (excluding diaryl/α,β-unsaturated/α-hetero) is 1. The van der Waals surface area contributed by atoms with Crippen LogP contribution in [0.15, 0.2) is 35.6 Å². The van der Waals surface area contributed by atoms with Crippen molar-refractivity contribution in [1.82, 2.24) is 4.90 Å². The van der Waals surface area contributed by atoms with Gasteiger partial charge < -0.3 is 15.1 Å². The molecule has 1 aromatic carbocycles. The van der Waals surface area contributed by atoms with E-state index in [1.807, 2.05) is 0 Å². The minimum atomic E-state index is -0.582. The van der Waals surface area contributed by atoms with Gasteiger partial charge in [0, 0.05) is 6.54 Å². The van der Waals surface area contributed by atoms with Crippen molar-refractivity contribution in [3.63, 3.8) is 0 Å². The minimum absolute atomic E-state index is 0.119. The van der Waals surface area contributed by atoms with Crippen LogP contribution in [0.4, 0.5) is 0 Å². The molecule has 2 N–H and O–H groups in total. The summed E-state index contributed by atoms with van der Waals surface area (Å²) in [5.41, 5.74) is 0.855. The Kier molecular flexibility index (Phi) is 6.62. The standard InChI is InChI=1S/C20H27NO4/c1-3-4-5-6-7-8-13-21-18(15-9-11-16(23)12-10-15)17(14(2)22)19(24)20(21)25/h9-12,18,23-24H,3-8,13H2,1-2H3. The van der Waals surface area contributed by atoms with Gasteiger partial charge in [-0.15, -0.1) is 0 Å². The van der Waals surface area contributed by atoms with E-state index < -0.39 is 17.7 Å². The monoisotopic (exact) mass is 345 g/mol. The normalized spacial score (nSPS) is 17.4. The van der Waals surface area contributed by atoms with Crippen LogP contribution in [0, 0.1) is 0 Å². The number of phenols is 1. The van der Waals surface area contributed by atoms with Crippen molar-refractivity contribution in [3.8, 4) is 5.75 Å². The van der Waals surface area contributed by atoms with Gasteiger partial charge in [0.2, 0.25) is 0 Å². The largest absolute Gasteiger partial charge is 0.508 e. The third-order valence-electron chi connectivity index (χ3n) is 4.64. The molecule has 25 heavy (non-hydrogen) atoms. The summed E-state index contributed by atoms with van der Waals surface area (Å²) in [5.74, 6) is -1.13. The van der Waals surface area contributed by atoms with E-state index in [0.717, 1.165) is 19.3 Å². The van der Waals surface area contributed by atoms with Crippen LogP contribution in [0.3, 0.4) is 0 Å². The summed E-state index contributed by atoms with van der Waals surface area (Å²) in [6, 6.07) is 5.83. The number of carbonyl (C=O) groups excluding carboxylic acids is 2. The van der Waals surface area contributed by atoms with Gasteiger partial charge in [-0.1, -0.05) is 51.2 Å². The van der Waals surface area contributed by atoms with Crippen LogP contribution < -0.4 is 0 Å². The van der Waals surface area contributed by atoms with Crippen LogP contribution >= 0.6 is 0 Å². The van der Waals surface area contributed by atoms with Crippen LogP contribution in [0.5, 0.6) is 5.75 Å². The first-order chi connectivity index (χ1) is 12.0. The average Bonchev–Trinajstić information content (AvgIpc) is 2.83. The molecule has 5 heteroatoms. The Morgan fingerprint density at radius 3 is 2.24 bits per heavy atom. The number of benzene rings is 1. The number of aromatic hydroxyl groups is 1. The second kappa shape index (κ2) is 8.70. The van der Waals surface area contributed by atoms with Gasteiger partial charge >= 0.3 is 0 Å². The first-order valence-corrected chi connectivity index (χ1v) is 9.01. The molecule has 1 heterocycles. The quantitative estimate of drug-likeness (QED) is 0.662. The molecular weight excluding hydrogens is 318 g/mol. The number of hydrogen-bond acceptors (Lipinski definition) is 4. The molecule has 0 saturated heterocycles. The molecule has 136 valence electrons. The minimum Gasteiger partial charge on any atom is -0.508 e. The fraction of sp³-hybridized carbons (Fsp3) is 0.500. The van der Waals surface area contributed by atoms with E-state index in [1.165, 1.54) is 38.3 Å². The van der Waals surface area contributed by atoms with Gasteiger partial charge in [0.1, 0.15) is 5.75 Å². The van der Waals surface area contributed by atoms with Crippen LogP contribution in [0.1, 0.15) is 64.0 Å². The summed E-state index contributed by atoms with van der Waals surface area (Å²) < 4.78 is 0. The number of amides is 1. The molecule has 0 aliphatic carbocycles. The Morgan fingerprint density at radius 1 is 1.04 bits per heavy atom. The number of carbonyl (C=O) groups is 2. The van der Waals surface area contributed by atoms with Crippen molar-refractivity contribution < 1.29 is 19.8 Å². The number of unbranched alkanes of at least 4 members (excludes halogenated alkanes) is 5. The first-order valence-electron chi connectivity index (χ1n) is 9.01. The summed E-state index contributed by atoms with van der Waals surface area (Å²) in [5, 5.41) is 19.7. The topological polar surface area (TPSA) is 77.8 Å². The van der Waals surface area contributed by atoms with Crippen molar-refractivity contribution in [3.05, 3.63) is 41.2 Å². The van der Waals surface area contributed by atoms with Crippen molar-refractivity contribution in [2.75, 3.05) is 6.54 Å². The molecule has 2 rings (SSSR count). The van der Waals surface area contributed by atoms with E-state index in [0.29, 0.717) is 12.1 Å². The molecular formula is C20H27NO4. The number of rotatable bonds is 9. The molecule has 5 nitrogen and oxygen atoms in total. The maximum atomic E-state index is 12.5. The van der Waals surface area contributed by atoms with E-state index in [2.05, 4.69) is 6.92 Å². The molecule has 1 aliphatic heterocycles. The number of aliphatic hydroxyl groups is 1. The summed E-state index contributed by atoms with van der Waals surface area (Å²) in [6.45, 7) is 4.03. The Balaban J connectivity index is 2.15. The molecule has 0 radical (unpaired) electrons. The zero-order chi connectivity index (χ0) is 18.4. The second-order valence-corrected chi connectivity index (χ2v) is 6.58. The third kappa shape index (κ3) is 4.41. The van der Waals surface area contributed by atoms with Gasteiger partial charge in [-0.25, -0.2) is 0 Å². The summed E-state index contributed by atoms with van der Waals surface area (Å²) in [4.78, 5) is 26.0. The summed E-state index contributed by atoms with van der Waals surface area (Å²) >= 11 is 0. The van der Waals surface area contributed by atoms with Gasteiger partial charge in [-0.2, -0.15) is 0 Å². The summed E-state index contributed by atoms with van der Waals surface area (Å²) in [6.07, 6.45) is 6.57. The molecule has 0 aromatic heterocycles. The summed E-state index contributed by atoms with van der Waals surface area (Å²) in [7, 11) is 0. The highest BCUT2D eigenvalue weighted by atomic mass is 16.3. The second-order valence-electron chi connectivity index (χ2n) is 6.58. The van der Waals surface area contributed by atoms with Crippen molar-refractivity contribution in [2.24, 2.45) is 0 Å². The molecule has 0 spiro atoms. The molecule has 1 aromatic rings. The lowest BCUT2D eigenvalue weighted by Gasteiger charge is -2.26. The number of nitrogens with zero attached hydrogens (tertiary/aromatic N) is 1. The molecule has 0 saturated carbocycles. The van der Waals surface area contributed by atoms with E-state index in [1.54, 1.807) is 17.0 Å². The fourth-order valence-electron chi connectivity index (χ4n) is 3.31. The highest BCUT2D eigenvalue weighted by Gasteiger charge is 2.41. The number of aliphatic hydroxyl groups excluding tert-OH is 1. The Morgan fingerprint density at radius 2 is 1.64 bits per heavy atom. The van der Waals surface area contributed by atoms with Crippen molar-refractivity contribution in [1.29, 1.82) is 0 Å². The molecule has 1 unspecified atom stereocenters. The number of phenolic OH excluding ortho intramolecular Hbond substituents is 1. The van der Waals surface area contributed by atoms with Crippen LogP contribution in [-0.2, 0) is 9.59 Å². The van der Waals surface area contributed by atoms with E-state index in [-0.39, 0.29) is 17.1 Å². The lowest BCUT2D eigenvalue weighted by molar-refractivity contribution is -0.129. The van der Waals surface area contributed by atoms with Gasteiger partial charge in [-0.3, -0.25) is 9.59 Å². The van der Waals surface area contributed by atoms with E-state index >= 15 is 0 Å². The lowest BCUT2D eigenvalue weighted by atomic mass is 9.96. The maximum Gasteiger partial charge on any atom is 0.290 e. The Hall–Kier alpha value is -2.30. The van der Waals surface area contributed by atoms with Crippen LogP contribution in [-0.4, -0.2) is 33.3 Å². The predicted octanol–water partition coefficient (Wildman–Crippen LogP) is 4.04. The molecule has 1 atom stereocenters. The first kappa shape index (κ1) is 19.0. The molecule has 0 bridgehead atoms. The fourth-order valence-corrected chi connectivity index (χ4v) is 3.31. The van der Waals surface area contributed by atoms with E-state index in [4.69, 9.17) is 0 Å². The molecule has 1 aliphatic rings. The SMILES string of the molecule is CCCCCCCCN1C(=O)C(O)=C(C(C)=O)C1c1ccc(O)cc1. The zero-order valence-corrected chi connectivity index (χ0v) is 15.0.